The third kappa shape index (κ3) is 3.23. The molecular formula is C21H15N3O. The molecule has 0 fully saturated rings. The number of benzene rings is 3. The fourth-order valence-electron chi connectivity index (χ4n) is 2.69. The van der Waals surface area contributed by atoms with Gasteiger partial charge in [-0.2, -0.15) is 5.10 Å². The number of hydrogen-bond donors (Lipinski definition) is 0. The summed E-state index contributed by atoms with van der Waals surface area (Å²) in [7, 11) is 0. The summed E-state index contributed by atoms with van der Waals surface area (Å²) in [6, 6.07) is 21.6. The van der Waals surface area contributed by atoms with Gasteiger partial charge in [-0.1, -0.05) is 54.6 Å². The van der Waals surface area contributed by atoms with Crippen molar-refractivity contribution in [2.75, 3.05) is 0 Å². The molecule has 0 aliphatic carbocycles. The lowest BCUT2D eigenvalue weighted by Crippen LogP contribution is -1.94. The average Bonchev–Trinajstić information content (AvgIpc) is 3.21. The third-order valence-electron chi connectivity index (χ3n) is 4.04. The first kappa shape index (κ1) is 15.0. The van der Waals surface area contributed by atoms with Crippen LogP contribution in [0.5, 0.6) is 0 Å². The fraction of sp³-hybridized carbons (Fsp3) is 0. The molecule has 0 saturated heterocycles. The van der Waals surface area contributed by atoms with E-state index in [0.717, 1.165) is 22.0 Å². The molecule has 25 heavy (non-hydrogen) atoms. The van der Waals surface area contributed by atoms with Gasteiger partial charge in [-0.05, 0) is 40.6 Å². The molecule has 0 amide bonds. The van der Waals surface area contributed by atoms with Gasteiger partial charge in [0.15, 0.2) is 5.78 Å². The number of hydrogen-bond acceptors (Lipinski definition) is 3. The second-order valence-corrected chi connectivity index (χ2v) is 5.69. The second-order valence-electron chi connectivity index (χ2n) is 5.69. The summed E-state index contributed by atoms with van der Waals surface area (Å²) in [6.07, 6.45) is 6.57. The van der Waals surface area contributed by atoms with Crippen LogP contribution in [0, 0.1) is 0 Å². The molecule has 0 N–H and O–H groups in total. The van der Waals surface area contributed by atoms with Crippen LogP contribution in [0.2, 0.25) is 0 Å². The molecule has 0 spiro atoms. The number of allylic oxidation sites excluding steroid dienone is 1. The Morgan fingerprint density at radius 2 is 1.72 bits per heavy atom. The van der Waals surface area contributed by atoms with Crippen molar-refractivity contribution in [1.82, 2.24) is 14.8 Å². The van der Waals surface area contributed by atoms with E-state index < -0.39 is 0 Å². The van der Waals surface area contributed by atoms with Gasteiger partial charge in [0.25, 0.3) is 0 Å². The SMILES string of the molecule is O=C(/C=C/c1ccc(-n2cncn2)cc1)c1ccc2ccccc2c1. The molecule has 4 heteroatoms. The summed E-state index contributed by atoms with van der Waals surface area (Å²) in [5.41, 5.74) is 2.57. The van der Waals surface area contributed by atoms with Crippen LogP contribution in [-0.4, -0.2) is 20.5 Å². The minimum atomic E-state index is -0.00824. The fourth-order valence-corrected chi connectivity index (χ4v) is 2.69. The van der Waals surface area contributed by atoms with Gasteiger partial charge >= 0.3 is 0 Å². The van der Waals surface area contributed by atoms with Gasteiger partial charge in [0, 0.05) is 5.56 Å². The number of carbonyl (C=O) groups excluding carboxylic acids is 1. The summed E-state index contributed by atoms with van der Waals surface area (Å²) < 4.78 is 1.69. The summed E-state index contributed by atoms with van der Waals surface area (Å²) in [4.78, 5) is 16.3. The second kappa shape index (κ2) is 6.53. The highest BCUT2D eigenvalue weighted by atomic mass is 16.1. The molecule has 4 aromatic rings. The van der Waals surface area contributed by atoms with Crippen molar-refractivity contribution in [3.05, 3.63) is 96.6 Å². The van der Waals surface area contributed by atoms with Crippen molar-refractivity contribution in [3.63, 3.8) is 0 Å². The molecule has 1 aromatic heterocycles. The minimum absolute atomic E-state index is 0.00824. The first-order valence-electron chi connectivity index (χ1n) is 7.96. The van der Waals surface area contributed by atoms with Crippen molar-refractivity contribution in [2.24, 2.45) is 0 Å². The molecule has 0 atom stereocenters. The van der Waals surface area contributed by atoms with Crippen LogP contribution in [0.4, 0.5) is 0 Å². The quantitative estimate of drug-likeness (QED) is 0.415. The zero-order valence-corrected chi connectivity index (χ0v) is 13.4. The lowest BCUT2D eigenvalue weighted by Gasteiger charge is -2.01. The molecular weight excluding hydrogens is 310 g/mol. The Labute approximate surface area is 145 Å². The van der Waals surface area contributed by atoms with E-state index in [1.165, 1.54) is 6.33 Å². The number of ketones is 1. The smallest absolute Gasteiger partial charge is 0.185 e. The molecule has 0 aliphatic heterocycles. The van der Waals surface area contributed by atoms with Crippen LogP contribution in [0.25, 0.3) is 22.5 Å². The van der Waals surface area contributed by atoms with Gasteiger partial charge in [-0.25, -0.2) is 9.67 Å². The van der Waals surface area contributed by atoms with Crippen molar-refractivity contribution in [2.45, 2.75) is 0 Å². The van der Waals surface area contributed by atoms with Crippen molar-refractivity contribution in [3.8, 4) is 5.69 Å². The van der Waals surface area contributed by atoms with Crippen molar-refractivity contribution >= 4 is 22.6 Å². The maximum Gasteiger partial charge on any atom is 0.185 e. The maximum atomic E-state index is 12.4. The van der Waals surface area contributed by atoms with E-state index in [4.69, 9.17) is 0 Å². The Morgan fingerprint density at radius 3 is 2.48 bits per heavy atom. The van der Waals surface area contributed by atoms with E-state index in [1.807, 2.05) is 72.8 Å². The standard InChI is InChI=1S/C21H15N3O/c25-21(19-9-8-17-3-1-2-4-18(17)13-19)12-7-16-5-10-20(11-6-16)24-15-22-14-23-24/h1-15H/b12-7+. The van der Waals surface area contributed by atoms with Crippen molar-refractivity contribution < 1.29 is 4.79 Å². The predicted molar refractivity (Wildman–Crippen MR) is 98.7 cm³/mol. The largest absolute Gasteiger partial charge is 0.289 e. The van der Waals surface area contributed by atoms with Gasteiger partial charge < -0.3 is 0 Å². The van der Waals surface area contributed by atoms with Crippen molar-refractivity contribution in [1.29, 1.82) is 0 Å². The molecule has 0 saturated carbocycles. The van der Waals surface area contributed by atoms with Crippen LogP contribution in [0.3, 0.4) is 0 Å². The Hall–Kier alpha value is -3.53. The number of fused-ring (bicyclic) bond motifs is 1. The summed E-state index contributed by atoms with van der Waals surface area (Å²) in [6.45, 7) is 0. The topological polar surface area (TPSA) is 47.8 Å². The van der Waals surface area contributed by atoms with Gasteiger partial charge in [-0.3, -0.25) is 4.79 Å². The van der Waals surface area contributed by atoms with E-state index in [1.54, 1.807) is 17.1 Å². The Morgan fingerprint density at radius 1 is 0.920 bits per heavy atom. The van der Waals surface area contributed by atoms with Gasteiger partial charge in [0.05, 0.1) is 5.69 Å². The van der Waals surface area contributed by atoms with Crippen LogP contribution in [0.1, 0.15) is 15.9 Å². The highest BCUT2D eigenvalue weighted by Crippen LogP contribution is 2.17. The van der Waals surface area contributed by atoms with Crippen LogP contribution < -0.4 is 0 Å². The normalized spacial score (nSPS) is 11.2. The predicted octanol–water partition coefficient (Wildman–Crippen LogP) is 4.32. The lowest BCUT2D eigenvalue weighted by molar-refractivity contribution is 0.104. The Balaban J connectivity index is 1.53. The highest BCUT2D eigenvalue weighted by molar-refractivity contribution is 6.08. The van der Waals surface area contributed by atoms with Crippen LogP contribution in [-0.2, 0) is 0 Å². The van der Waals surface area contributed by atoms with Crippen LogP contribution in [0.15, 0.2) is 85.5 Å². The number of rotatable bonds is 4. The molecule has 0 aliphatic rings. The summed E-state index contributed by atoms with van der Waals surface area (Å²) in [5.74, 6) is -0.00824. The zero-order valence-electron chi connectivity index (χ0n) is 13.4. The zero-order chi connectivity index (χ0) is 17.1. The molecule has 0 unspecified atom stereocenters. The molecule has 0 bridgehead atoms. The van der Waals surface area contributed by atoms with E-state index in [-0.39, 0.29) is 5.78 Å². The molecule has 4 rings (SSSR count). The Bertz CT molecular complexity index is 1050. The summed E-state index contributed by atoms with van der Waals surface area (Å²) in [5, 5.41) is 6.29. The van der Waals surface area contributed by atoms with E-state index >= 15 is 0 Å². The number of carbonyl (C=O) groups is 1. The van der Waals surface area contributed by atoms with Gasteiger partial charge in [0.1, 0.15) is 12.7 Å². The maximum absolute atomic E-state index is 12.4. The van der Waals surface area contributed by atoms with E-state index in [2.05, 4.69) is 10.1 Å². The van der Waals surface area contributed by atoms with Crippen LogP contribution >= 0.6 is 0 Å². The molecule has 3 aromatic carbocycles. The van der Waals surface area contributed by atoms with E-state index in [9.17, 15) is 4.79 Å². The first-order valence-corrected chi connectivity index (χ1v) is 7.96. The third-order valence-corrected chi connectivity index (χ3v) is 4.04. The Kier molecular flexibility index (Phi) is 3.92. The van der Waals surface area contributed by atoms with Gasteiger partial charge in [-0.15, -0.1) is 0 Å². The molecule has 120 valence electrons. The first-order chi connectivity index (χ1) is 12.3. The summed E-state index contributed by atoms with van der Waals surface area (Å²) >= 11 is 0. The minimum Gasteiger partial charge on any atom is -0.289 e. The molecule has 1 heterocycles. The monoisotopic (exact) mass is 325 g/mol. The number of aromatic nitrogens is 3. The number of nitrogens with zero attached hydrogens (tertiary/aromatic N) is 3. The lowest BCUT2D eigenvalue weighted by atomic mass is 10.0. The highest BCUT2D eigenvalue weighted by Gasteiger charge is 2.03. The molecule has 4 nitrogen and oxygen atoms in total. The molecule has 0 radical (unpaired) electrons. The average molecular weight is 325 g/mol. The van der Waals surface area contributed by atoms with Gasteiger partial charge in [0.2, 0.25) is 0 Å². The van der Waals surface area contributed by atoms with E-state index in [0.29, 0.717) is 5.56 Å².